The van der Waals surface area contributed by atoms with Gasteiger partial charge in [0, 0.05) is 10.4 Å². The van der Waals surface area contributed by atoms with Crippen molar-refractivity contribution < 1.29 is 14.3 Å². The third-order valence-corrected chi connectivity index (χ3v) is 2.85. The molecule has 0 radical (unpaired) electrons. The number of carbonyl (C=O) groups excluding carboxylic acids is 2. The van der Waals surface area contributed by atoms with Gasteiger partial charge in [-0.2, -0.15) is 0 Å². The Labute approximate surface area is 130 Å². The number of hydrogen-bond donors (Lipinski definition) is 2. The first-order chi connectivity index (χ1) is 9.79. The highest BCUT2D eigenvalue weighted by Gasteiger charge is 2.21. The lowest BCUT2D eigenvalue weighted by Gasteiger charge is -2.17. The molecule has 0 spiro atoms. The van der Waals surface area contributed by atoms with E-state index in [9.17, 15) is 9.59 Å². The van der Waals surface area contributed by atoms with Gasteiger partial charge in [0.1, 0.15) is 12.4 Å². The van der Waals surface area contributed by atoms with E-state index >= 15 is 0 Å². The van der Waals surface area contributed by atoms with Crippen molar-refractivity contribution in [2.45, 2.75) is 20.8 Å². The quantitative estimate of drug-likeness (QED) is 0.790. The third-order valence-electron chi connectivity index (χ3n) is 2.60. The number of amides is 2. The van der Waals surface area contributed by atoms with Gasteiger partial charge in [0.15, 0.2) is 0 Å². The summed E-state index contributed by atoms with van der Waals surface area (Å²) in [4.78, 5) is 23.1. The molecule has 1 aromatic rings. The molecule has 0 unspecified atom stereocenters. The monoisotopic (exact) mass is 312 g/mol. The van der Waals surface area contributed by atoms with Crippen molar-refractivity contribution >= 4 is 23.4 Å². The molecule has 5 nitrogen and oxygen atoms in total. The average Bonchev–Trinajstić information content (AvgIpc) is 2.41. The van der Waals surface area contributed by atoms with Crippen LogP contribution in [0.5, 0.6) is 5.75 Å². The van der Waals surface area contributed by atoms with Crippen LogP contribution in [0.1, 0.15) is 20.8 Å². The van der Waals surface area contributed by atoms with Gasteiger partial charge >= 0.3 is 0 Å². The van der Waals surface area contributed by atoms with Crippen molar-refractivity contribution in [1.82, 2.24) is 10.6 Å². The van der Waals surface area contributed by atoms with Gasteiger partial charge in [-0.25, -0.2) is 0 Å². The van der Waals surface area contributed by atoms with Crippen molar-refractivity contribution in [2.24, 2.45) is 5.41 Å². The molecule has 0 fully saturated rings. The predicted molar refractivity (Wildman–Crippen MR) is 82.4 cm³/mol. The van der Waals surface area contributed by atoms with E-state index in [4.69, 9.17) is 16.3 Å². The largest absolute Gasteiger partial charge is 0.492 e. The summed E-state index contributed by atoms with van der Waals surface area (Å²) in [5.41, 5.74) is -0.502. The summed E-state index contributed by atoms with van der Waals surface area (Å²) >= 11 is 5.76. The normalized spacial score (nSPS) is 10.9. The molecule has 1 rings (SSSR count). The van der Waals surface area contributed by atoms with Gasteiger partial charge in [-0.3, -0.25) is 9.59 Å². The van der Waals surface area contributed by atoms with Crippen LogP contribution in [0.3, 0.4) is 0 Å². The van der Waals surface area contributed by atoms with Crippen LogP contribution in [0, 0.1) is 5.41 Å². The highest BCUT2D eigenvalue weighted by atomic mass is 35.5. The number of hydrogen-bond acceptors (Lipinski definition) is 3. The Balaban J connectivity index is 2.16. The molecule has 0 saturated heterocycles. The lowest BCUT2D eigenvalue weighted by Crippen LogP contribution is -2.42. The maximum absolute atomic E-state index is 11.6. The van der Waals surface area contributed by atoms with Crippen LogP contribution in [0.4, 0.5) is 0 Å². The summed E-state index contributed by atoms with van der Waals surface area (Å²) < 4.78 is 5.43. The van der Waals surface area contributed by atoms with Crippen molar-refractivity contribution in [3.05, 3.63) is 29.3 Å². The highest BCUT2D eigenvalue weighted by Crippen LogP contribution is 2.15. The molecule has 0 aliphatic carbocycles. The van der Waals surface area contributed by atoms with E-state index in [1.165, 1.54) is 0 Å². The van der Waals surface area contributed by atoms with Crippen molar-refractivity contribution in [3.8, 4) is 5.75 Å². The van der Waals surface area contributed by atoms with E-state index in [1.807, 2.05) is 0 Å². The molecule has 6 heteroatoms. The zero-order valence-corrected chi connectivity index (χ0v) is 13.3. The lowest BCUT2D eigenvalue weighted by atomic mass is 9.96. The second kappa shape index (κ2) is 7.88. The first-order valence-corrected chi connectivity index (χ1v) is 7.10. The second-order valence-corrected chi connectivity index (χ2v) is 6.02. The summed E-state index contributed by atoms with van der Waals surface area (Å²) in [6, 6.07) is 6.98. The van der Waals surface area contributed by atoms with Gasteiger partial charge in [0.05, 0.1) is 13.1 Å². The van der Waals surface area contributed by atoms with Gasteiger partial charge in [0.25, 0.3) is 0 Å². The van der Waals surface area contributed by atoms with Crippen LogP contribution in [-0.2, 0) is 9.59 Å². The van der Waals surface area contributed by atoms with E-state index in [1.54, 1.807) is 45.0 Å². The molecule has 0 saturated carbocycles. The molecule has 2 amide bonds. The van der Waals surface area contributed by atoms with E-state index in [0.717, 1.165) is 0 Å². The Morgan fingerprint density at radius 2 is 1.76 bits per heavy atom. The van der Waals surface area contributed by atoms with E-state index in [2.05, 4.69) is 10.6 Å². The Kier molecular flexibility index (Phi) is 6.49. The molecule has 116 valence electrons. The minimum atomic E-state index is -0.502. The maximum Gasteiger partial charge on any atom is 0.239 e. The minimum Gasteiger partial charge on any atom is -0.492 e. The van der Waals surface area contributed by atoms with Crippen molar-refractivity contribution in [2.75, 3.05) is 19.7 Å². The van der Waals surface area contributed by atoms with Crippen LogP contribution >= 0.6 is 11.6 Å². The molecular weight excluding hydrogens is 292 g/mol. The predicted octanol–water partition coefficient (Wildman–Crippen LogP) is 2.00. The van der Waals surface area contributed by atoms with Crippen LogP contribution in [-0.4, -0.2) is 31.5 Å². The minimum absolute atomic E-state index is 0.0307. The zero-order chi connectivity index (χ0) is 15.9. The third kappa shape index (κ3) is 6.99. The molecular formula is C15H21ClN2O3. The number of ether oxygens (including phenoxy) is 1. The van der Waals surface area contributed by atoms with Crippen LogP contribution in [0.25, 0.3) is 0 Å². The van der Waals surface area contributed by atoms with E-state index < -0.39 is 5.41 Å². The summed E-state index contributed by atoms with van der Waals surface area (Å²) in [5, 5.41) is 5.89. The molecule has 21 heavy (non-hydrogen) atoms. The molecule has 0 heterocycles. The molecule has 2 N–H and O–H groups in total. The van der Waals surface area contributed by atoms with Crippen molar-refractivity contribution in [3.63, 3.8) is 0 Å². The molecule has 1 aromatic carbocycles. The fraction of sp³-hybridized carbons (Fsp3) is 0.467. The standard InChI is InChI=1S/C15H21ClN2O3/c1-15(2,3)14(20)18-10-13(19)17-8-9-21-12-6-4-11(16)5-7-12/h4-7H,8-10H2,1-3H3,(H,17,19)(H,18,20). The van der Waals surface area contributed by atoms with Crippen LogP contribution in [0.15, 0.2) is 24.3 Å². The molecule has 0 atom stereocenters. The first kappa shape index (κ1) is 17.3. The molecule has 0 aromatic heterocycles. The Morgan fingerprint density at radius 3 is 2.33 bits per heavy atom. The lowest BCUT2D eigenvalue weighted by molar-refractivity contribution is -0.131. The number of benzene rings is 1. The van der Waals surface area contributed by atoms with E-state index in [0.29, 0.717) is 23.9 Å². The first-order valence-electron chi connectivity index (χ1n) is 6.72. The van der Waals surface area contributed by atoms with Gasteiger partial charge in [-0.15, -0.1) is 0 Å². The summed E-state index contributed by atoms with van der Waals surface area (Å²) in [6.45, 7) is 6.06. The number of nitrogens with one attached hydrogen (secondary N) is 2. The summed E-state index contributed by atoms with van der Waals surface area (Å²) in [5.74, 6) is 0.289. The zero-order valence-electron chi connectivity index (χ0n) is 12.5. The van der Waals surface area contributed by atoms with Gasteiger partial charge < -0.3 is 15.4 Å². The SMILES string of the molecule is CC(C)(C)C(=O)NCC(=O)NCCOc1ccc(Cl)cc1. The fourth-order valence-electron chi connectivity index (χ4n) is 1.38. The second-order valence-electron chi connectivity index (χ2n) is 5.59. The fourth-order valence-corrected chi connectivity index (χ4v) is 1.50. The highest BCUT2D eigenvalue weighted by molar-refractivity contribution is 6.30. The smallest absolute Gasteiger partial charge is 0.239 e. The number of carbonyl (C=O) groups is 2. The van der Waals surface area contributed by atoms with Crippen LogP contribution in [0.2, 0.25) is 5.02 Å². The van der Waals surface area contributed by atoms with Crippen LogP contribution < -0.4 is 15.4 Å². The Morgan fingerprint density at radius 1 is 1.14 bits per heavy atom. The molecule has 0 aliphatic heterocycles. The Hall–Kier alpha value is -1.75. The number of halogens is 1. The van der Waals surface area contributed by atoms with Gasteiger partial charge in [0.2, 0.25) is 11.8 Å². The van der Waals surface area contributed by atoms with E-state index in [-0.39, 0.29) is 18.4 Å². The topological polar surface area (TPSA) is 67.4 Å². The maximum atomic E-state index is 11.6. The van der Waals surface area contributed by atoms with Gasteiger partial charge in [-0.1, -0.05) is 32.4 Å². The molecule has 0 aliphatic rings. The van der Waals surface area contributed by atoms with Gasteiger partial charge in [-0.05, 0) is 24.3 Å². The summed E-state index contributed by atoms with van der Waals surface area (Å²) in [6.07, 6.45) is 0. The average molecular weight is 313 g/mol. The van der Waals surface area contributed by atoms with Crippen molar-refractivity contribution in [1.29, 1.82) is 0 Å². The summed E-state index contributed by atoms with van der Waals surface area (Å²) in [7, 11) is 0. The number of rotatable bonds is 6. The molecule has 0 bridgehead atoms. The Bertz CT molecular complexity index is 481.